The summed E-state index contributed by atoms with van der Waals surface area (Å²) in [5, 5.41) is 11.7. The molecule has 0 saturated heterocycles. The number of benzene rings is 1. The first kappa shape index (κ1) is 19.6. The van der Waals surface area contributed by atoms with Crippen LogP contribution in [0.4, 0.5) is 10.5 Å². The van der Waals surface area contributed by atoms with Crippen molar-refractivity contribution in [2.24, 2.45) is 5.92 Å². The van der Waals surface area contributed by atoms with Crippen LogP contribution in [-0.4, -0.2) is 49.8 Å². The molecule has 0 fully saturated rings. The van der Waals surface area contributed by atoms with Crippen LogP contribution in [0.5, 0.6) is 11.5 Å². The van der Waals surface area contributed by atoms with Crippen LogP contribution in [0.25, 0.3) is 0 Å². The lowest BCUT2D eigenvalue weighted by molar-refractivity contribution is -0.141. The van der Waals surface area contributed by atoms with Crippen LogP contribution >= 0.6 is 0 Å². The number of nitrogens with zero attached hydrogens (tertiary/aromatic N) is 1. The quantitative estimate of drug-likeness (QED) is 0.798. The number of carboxylic acid groups (broad SMARTS) is 1. The number of hydrogen-bond acceptors (Lipinski definition) is 4. The van der Waals surface area contributed by atoms with Gasteiger partial charge in [0.15, 0.2) is 0 Å². The molecule has 1 unspecified atom stereocenters. The molecule has 7 heteroatoms. The summed E-state index contributed by atoms with van der Waals surface area (Å²) in [5.74, 6) is -0.145. The molecule has 24 heavy (non-hydrogen) atoms. The van der Waals surface area contributed by atoms with Crippen LogP contribution < -0.4 is 14.8 Å². The predicted octanol–water partition coefficient (Wildman–Crippen LogP) is 3.01. The lowest BCUT2D eigenvalue weighted by atomic mass is 10.00. The van der Waals surface area contributed by atoms with Crippen LogP contribution in [0.15, 0.2) is 12.1 Å². The Morgan fingerprint density at radius 3 is 2.04 bits per heavy atom. The van der Waals surface area contributed by atoms with Crippen LogP contribution in [0, 0.1) is 5.92 Å². The molecule has 0 bridgehead atoms. The first-order chi connectivity index (χ1) is 11.2. The summed E-state index contributed by atoms with van der Waals surface area (Å²) in [6.07, 6.45) is 0. The van der Waals surface area contributed by atoms with E-state index in [2.05, 4.69) is 5.32 Å². The predicted molar refractivity (Wildman–Crippen MR) is 92.1 cm³/mol. The van der Waals surface area contributed by atoms with Crippen molar-refractivity contribution in [3.05, 3.63) is 17.7 Å². The zero-order chi connectivity index (χ0) is 18.4. The van der Waals surface area contributed by atoms with Gasteiger partial charge in [-0.1, -0.05) is 20.8 Å². The topological polar surface area (TPSA) is 88.1 Å². The van der Waals surface area contributed by atoms with Gasteiger partial charge in [-0.15, -0.1) is 0 Å². The largest absolute Gasteiger partial charge is 0.496 e. The van der Waals surface area contributed by atoms with Gasteiger partial charge >= 0.3 is 12.0 Å². The number of carbonyl (C=O) groups is 2. The highest BCUT2D eigenvalue weighted by Crippen LogP contribution is 2.38. The molecular formula is C17H26N2O5. The lowest BCUT2D eigenvalue weighted by Gasteiger charge is -2.22. The van der Waals surface area contributed by atoms with Crippen molar-refractivity contribution in [3.63, 3.8) is 0 Å². The molecule has 7 nitrogen and oxygen atoms in total. The normalized spacial score (nSPS) is 11.8. The SMILES string of the molecule is COc1cc(NC(=O)N(C)CC(C)C(=O)O)cc(OC)c1C(C)C. The Morgan fingerprint density at radius 1 is 1.17 bits per heavy atom. The average molecular weight is 338 g/mol. The first-order valence-electron chi connectivity index (χ1n) is 7.72. The number of carboxylic acids is 1. The van der Waals surface area contributed by atoms with E-state index in [9.17, 15) is 9.59 Å². The van der Waals surface area contributed by atoms with Crippen molar-refractivity contribution in [1.82, 2.24) is 4.90 Å². The molecule has 0 spiro atoms. The number of anilines is 1. The van der Waals surface area contributed by atoms with Gasteiger partial charge < -0.3 is 24.8 Å². The Bertz CT molecular complexity index is 576. The molecule has 0 saturated carbocycles. The van der Waals surface area contributed by atoms with E-state index in [-0.39, 0.29) is 12.5 Å². The highest BCUT2D eigenvalue weighted by atomic mass is 16.5. The maximum Gasteiger partial charge on any atom is 0.321 e. The van der Waals surface area contributed by atoms with Gasteiger partial charge in [-0.3, -0.25) is 4.79 Å². The van der Waals surface area contributed by atoms with Gasteiger partial charge in [-0.2, -0.15) is 0 Å². The van der Waals surface area contributed by atoms with E-state index in [1.54, 1.807) is 40.3 Å². The minimum atomic E-state index is -0.945. The number of urea groups is 1. The van der Waals surface area contributed by atoms with E-state index < -0.39 is 17.9 Å². The maximum absolute atomic E-state index is 12.2. The van der Waals surface area contributed by atoms with Gasteiger partial charge in [-0.25, -0.2) is 4.79 Å². The van der Waals surface area contributed by atoms with E-state index in [1.165, 1.54) is 4.90 Å². The number of aliphatic carboxylic acids is 1. The Balaban J connectivity index is 2.98. The smallest absolute Gasteiger partial charge is 0.321 e. The number of ether oxygens (including phenoxy) is 2. The van der Waals surface area contributed by atoms with Gasteiger partial charge in [0.25, 0.3) is 0 Å². The number of carbonyl (C=O) groups excluding carboxylic acids is 1. The summed E-state index contributed by atoms with van der Waals surface area (Å²) < 4.78 is 10.8. The van der Waals surface area contributed by atoms with E-state index in [1.807, 2.05) is 13.8 Å². The van der Waals surface area contributed by atoms with E-state index in [0.29, 0.717) is 17.2 Å². The van der Waals surface area contributed by atoms with Gasteiger partial charge in [0, 0.05) is 37.0 Å². The molecule has 0 aliphatic carbocycles. The third-order valence-corrected chi connectivity index (χ3v) is 3.69. The summed E-state index contributed by atoms with van der Waals surface area (Å²) in [4.78, 5) is 24.4. The molecule has 0 aromatic heterocycles. The van der Waals surface area contributed by atoms with Gasteiger partial charge in [0.2, 0.25) is 0 Å². The van der Waals surface area contributed by atoms with Crippen molar-refractivity contribution in [3.8, 4) is 11.5 Å². The molecule has 0 aliphatic rings. The molecule has 0 heterocycles. The van der Waals surface area contributed by atoms with Gasteiger partial charge in [0.05, 0.1) is 20.1 Å². The second-order valence-corrected chi connectivity index (χ2v) is 6.00. The second-order valence-electron chi connectivity index (χ2n) is 6.00. The third kappa shape index (κ3) is 4.78. The monoisotopic (exact) mass is 338 g/mol. The van der Waals surface area contributed by atoms with Crippen molar-refractivity contribution < 1.29 is 24.2 Å². The average Bonchev–Trinajstić information content (AvgIpc) is 2.52. The van der Waals surface area contributed by atoms with Crippen molar-refractivity contribution in [2.45, 2.75) is 26.7 Å². The van der Waals surface area contributed by atoms with Gasteiger partial charge in [0.1, 0.15) is 11.5 Å². The first-order valence-corrected chi connectivity index (χ1v) is 7.72. The van der Waals surface area contributed by atoms with Crippen LogP contribution in [-0.2, 0) is 4.79 Å². The molecular weight excluding hydrogens is 312 g/mol. The van der Waals surface area contributed by atoms with Crippen molar-refractivity contribution in [2.75, 3.05) is 33.1 Å². The number of nitrogens with one attached hydrogen (secondary N) is 1. The molecule has 0 radical (unpaired) electrons. The van der Waals surface area contributed by atoms with Crippen molar-refractivity contribution >= 4 is 17.7 Å². The summed E-state index contributed by atoms with van der Waals surface area (Å²) in [6, 6.07) is 3.05. The zero-order valence-electron chi connectivity index (χ0n) is 15.0. The fraction of sp³-hybridized carbons (Fsp3) is 0.529. The van der Waals surface area contributed by atoms with Crippen molar-refractivity contribution in [1.29, 1.82) is 0 Å². The lowest BCUT2D eigenvalue weighted by Crippen LogP contribution is -2.36. The third-order valence-electron chi connectivity index (χ3n) is 3.69. The van der Waals surface area contributed by atoms with Crippen LogP contribution in [0.3, 0.4) is 0 Å². The standard InChI is InChI=1S/C17H26N2O5/c1-10(2)15-13(23-5)7-12(8-14(15)24-6)18-17(22)19(4)9-11(3)16(20)21/h7-8,10-11H,9H2,1-6H3,(H,18,22)(H,20,21). The Hall–Kier alpha value is -2.44. The Kier molecular flexibility index (Phi) is 6.88. The van der Waals surface area contributed by atoms with E-state index in [0.717, 1.165) is 5.56 Å². The summed E-state index contributed by atoms with van der Waals surface area (Å²) >= 11 is 0. The molecule has 2 N–H and O–H groups in total. The fourth-order valence-corrected chi connectivity index (χ4v) is 2.37. The minimum absolute atomic E-state index is 0.111. The number of rotatable bonds is 7. The molecule has 1 aromatic carbocycles. The Morgan fingerprint density at radius 2 is 1.67 bits per heavy atom. The zero-order valence-corrected chi connectivity index (χ0v) is 15.0. The van der Waals surface area contributed by atoms with E-state index >= 15 is 0 Å². The Labute approximate surface area is 142 Å². The second kappa shape index (κ2) is 8.42. The highest BCUT2D eigenvalue weighted by molar-refractivity contribution is 5.90. The number of methoxy groups -OCH3 is 2. The number of amides is 2. The fourth-order valence-electron chi connectivity index (χ4n) is 2.37. The summed E-state index contributed by atoms with van der Waals surface area (Å²) in [6.45, 7) is 5.72. The maximum atomic E-state index is 12.2. The molecule has 2 amide bonds. The summed E-state index contributed by atoms with van der Waals surface area (Å²) in [7, 11) is 4.67. The van der Waals surface area contributed by atoms with Crippen LogP contribution in [0.1, 0.15) is 32.3 Å². The minimum Gasteiger partial charge on any atom is -0.496 e. The molecule has 1 aromatic rings. The molecule has 134 valence electrons. The summed E-state index contributed by atoms with van der Waals surface area (Å²) in [5.41, 5.74) is 1.44. The van der Waals surface area contributed by atoms with E-state index in [4.69, 9.17) is 14.6 Å². The van der Waals surface area contributed by atoms with Crippen LogP contribution in [0.2, 0.25) is 0 Å². The molecule has 0 aliphatic heterocycles. The molecule has 1 atom stereocenters. The molecule has 1 rings (SSSR count). The highest BCUT2D eigenvalue weighted by Gasteiger charge is 2.20. The van der Waals surface area contributed by atoms with Gasteiger partial charge in [-0.05, 0) is 5.92 Å². The number of hydrogen-bond donors (Lipinski definition) is 2.